The molecule has 118 valence electrons. The van der Waals surface area contributed by atoms with Gasteiger partial charge in [-0.05, 0) is 32.7 Å². The number of amides is 1. The van der Waals surface area contributed by atoms with E-state index >= 15 is 0 Å². The molecule has 1 fully saturated rings. The molecule has 0 radical (unpaired) electrons. The normalized spacial score (nSPS) is 24.8. The summed E-state index contributed by atoms with van der Waals surface area (Å²) in [4.78, 5) is 14.2. The van der Waals surface area contributed by atoms with Crippen LogP contribution in [0.5, 0.6) is 0 Å². The number of likely N-dealkylation sites (tertiary alicyclic amines) is 1. The summed E-state index contributed by atoms with van der Waals surface area (Å²) >= 11 is 0. The van der Waals surface area contributed by atoms with Gasteiger partial charge in [0.1, 0.15) is 4.75 Å². The average Bonchev–Trinajstić information content (AvgIpc) is 2.37. The lowest BCUT2D eigenvalue weighted by Gasteiger charge is -2.41. The Morgan fingerprint density at radius 2 is 1.95 bits per heavy atom. The van der Waals surface area contributed by atoms with Crippen LogP contribution in [0.15, 0.2) is 0 Å². The first-order valence-corrected chi connectivity index (χ1v) is 9.26. The number of carbonyl (C=O) groups excluding carboxylic acids is 1. The van der Waals surface area contributed by atoms with Crippen molar-refractivity contribution in [2.75, 3.05) is 25.9 Å². The van der Waals surface area contributed by atoms with Crippen LogP contribution < -0.4 is 5.32 Å². The molecule has 1 amide bonds. The van der Waals surface area contributed by atoms with Gasteiger partial charge in [0, 0.05) is 25.4 Å². The molecule has 6 heteroatoms. The molecule has 0 bridgehead atoms. The van der Waals surface area contributed by atoms with Crippen molar-refractivity contribution in [2.24, 2.45) is 5.92 Å². The highest BCUT2D eigenvalue weighted by molar-refractivity contribution is 7.92. The highest BCUT2D eigenvalue weighted by atomic mass is 32.2. The maximum atomic E-state index is 12.5. The minimum atomic E-state index is -3.41. The Balaban J connectivity index is 2.83. The zero-order chi connectivity index (χ0) is 15.6. The van der Waals surface area contributed by atoms with E-state index in [1.807, 2.05) is 0 Å². The van der Waals surface area contributed by atoms with Gasteiger partial charge in [-0.2, -0.15) is 0 Å². The van der Waals surface area contributed by atoms with Crippen molar-refractivity contribution < 1.29 is 13.2 Å². The monoisotopic (exact) mass is 304 g/mol. The Bertz CT molecular complexity index is 445. The fourth-order valence-corrected chi connectivity index (χ4v) is 3.15. The zero-order valence-electron chi connectivity index (χ0n) is 13.3. The lowest BCUT2D eigenvalue weighted by atomic mass is 9.89. The van der Waals surface area contributed by atoms with Crippen molar-refractivity contribution in [1.29, 1.82) is 0 Å². The molecular weight excluding hydrogens is 276 g/mol. The van der Waals surface area contributed by atoms with Gasteiger partial charge in [0.25, 0.3) is 0 Å². The van der Waals surface area contributed by atoms with E-state index in [4.69, 9.17) is 0 Å². The fourth-order valence-electron chi connectivity index (χ4n) is 2.70. The molecule has 0 aromatic carbocycles. The Morgan fingerprint density at radius 1 is 1.35 bits per heavy atom. The van der Waals surface area contributed by atoms with Gasteiger partial charge >= 0.3 is 0 Å². The van der Waals surface area contributed by atoms with Crippen molar-refractivity contribution in [3.05, 3.63) is 0 Å². The number of hydrogen-bond donors (Lipinski definition) is 1. The molecule has 1 aliphatic rings. The molecule has 5 nitrogen and oxygen atoms in total. The summed E-state index contributed by atoms with van der Waals surface area (Å²) in [5.74, 6) is 0.122. The van der Waals surface area contributed by atoms with Gasteiger partial charge < -0.3 is 10.2 Å². The molecule has 1 heterocycles. The lowest BCUT2D eigenvalue weighted by molar-refractivity contribution is -0.135. The van der Waals surface area contributed by atoms with Gasteiger partial charge in [-0.25, -0.2) is 8.42 Å². The molecule has 2 unspecified atom stereocenters. The Kier molecular flexibility index (Phi) is 5.61. The largest absolute Gasteiger partial charge is 0.341 e. The molecule has 1 saturated heterocycles. The second kappa shape index (κ2) is 6.43. The van der Waals surface area contributed by atoms with Gasteiger partial charge in [-0.3, -0.25) is 4.79 Å². The Hall–Kier alpha value is -0.620. The van der Waals surface area contributed by atoms with Gasteiger partial charge in [0.15, 0.2) is 9.84 Å². The van der Waals surface area contributed by atoms with E-state index in [0.717, 1.165) is 25.6 Å². The summed E-state index contributed by atoms with van der Waals surface area (Å²) in [7, 11) is -3.41. The maximum Gasteiger partial charge on any atom is 0.243 e. The van der Waals surface area contributed by atoms with Crippen LogP contribution in [-0.2, 0) is 14.6 Å². The van der Waals surface area contributed by atoms with E-state index in [1.165, 1.54) is 13.8 Å². The predicted octanol–water partition coefficient (Wildman–Crippen LogP) is 1.05. The van der Waals surface area contributed by atoms with Crippen LogP contribution in [0.3, 0.4) is 0 Å². The number of hydrogen-bond acceptors (Lipinski definition) is 4. The number of sulfone groups is 1. The third kappa shape index (κ3) is 3.52. The van der Waals surface area contributed by atoms with Crippen LogP contribution in [0.25, 0.3) is 0 Å². The van der Waals surface area contributed by atoms with Crippen LogP contribution in [0.1, 0.15) is 40.5 Å². The Morgan fingerprint density at radius 3 is 2.40 bits per heavy atom. The molecule has 0 aliphatic carbocycles. The van der Waals surface area contributed by atoms with Crippen molar-refractivity contribution in [3.8, 4) is 0 Å². The molecule has 0 saturated carbocycles. The molecule has 1 N–H and O–H groups in total. The summed E-state index contributed by atoms with van der Waals surface area (Å²) in [5.41, 5.74) is 0. The van der Waals surface area contributed by atoms with Gasteiger partial charge in [0.05, 0.1) is 0 Å². The average molecular weight is 304 g/mol. The third-order valence-electron chi connectivity index (χ3n) is 4.45. The van der Waals surface area contributed by atoms with Gasteiger partial charge in [-0.15, -0.1) is 0 Å². The van der Waals surface area contributed by atoms with Crippen LogP contribution in [0.2, 0.25) is 0 Å². The molecule has 0 aromatic heterocycles. The minimum absolute atomic E-state index is 0.270. The van der Waals surface area contributed by atoms with Crippen LogP contribution >= 0.6 is 0 Å². The van der Waals surface area contributed by atoms with E-state index in [2.05, 4.69) is 19.2 Å². The van der Waals surface area contributed by atoms with E-state index in [9.17, 15) is 13.2 Å². The van der Waals surface area contributed by atoms with Crippen molar-refractivity contribution in [2.45, 2.75) is 51.3 Å². The first-order valence-electron chi connectivity index (χ1n) is 7.37. The number of rotatable bonds is 5. The molecule has 20 heavy (non-hydrogen) atoms. The molecule has 0 spiro atoms. The van der Waals surface area contributed by atoms with E-state index < -0.39 is 14.6 Å². The summed E-state index contributed by atoms with van der Waals surface area (Å²) in [6, 6.07) is 0.426. The quantitative estimate of drug-likeness (QED) is 0.824. The third-order valence-corrected chi connectivity index (χ3v) is 6.48. The van der Waals surface area contributed by atoms with Gasteiger partial charge in [0.2, 0.25) is 5.91 Å². The first-order chi connectivity index (χ1) is 9.15. The lowest BCUT2D eigenvalue weighted by Crippen LogP contribution is -2.56. The second-order valence-electron chi connectivity index (χ2n) is 6.15. The fraction of sp³-hybridized carbons (Fsp3) is 0.929. The van der Waals surface area contributed by atoms with Crippen LogP contribution in [0.4, 0.5) is 0 Å². The minimum Gasteiger partial charge on any atom is -0.341 e. The molecule has 2 atom stereocenters. The predicted molar refractivity (Wildman–Crippen MR) is 81.4 cm³/mol. The smallest absolute Gasteiger partial charge is 0.243 e. The van der Waals surface area contributed by atoms with E-state index in [1.54, 1.807) is 4.90 Å². The Labute approximate surface area is 123 Å². The molecular formula is C14H28N2O3S. The summed E-state index contributed by atoms with van der Waals surface area (Å²) in [6.07, 6.45) is 3.01. The number of nitrogens with one attached hydrogen (secondary N) is 1. The first kappa shape index (κ1) is 17.4. The topological polar surface area (TPSA) is 66.5 Å². The second-order valence-corrected chi connectivity index (χ2v) is 8.72. The highest BCUT2D eigenvalue weighted by Gasteiger charge is 2.43. The van der Waals surface area contributed by atoms with Crippen molar-refractivity contribution in [3.63, 3.8) is 0 Å². The van der Waals surface area contributed by atoms with Crippen LogP contribution in [0, 0.1) is 5.92 Å². The van der Waals surface area contributed by atoms with Crippen molar-refractivity contribution in [1.82, 2.24) is 10.2 Å². The number of piperidine rings is 1. The van der Waals surface area contributed by atoms with Crippen LogP contribution in [-0.4, -0.2) is 55.9 Å². The summed E-state index contributed by atoms with van der Waals surface area (Å²) in [5, 5.41) is 3.46. The molecule has 0 aromatic rings. The van der Waals surface area contributed by atoms with Crippen molar-refractivity contribution >= 4 is 15.7 Å². The standard InChI is InChI=1S/C14H28N2O3S/c1-6-11-10-16(9-8-12(11)15-7-2)13(17)14(3,4)20(5,18)19/h11-12,15H,6-10H2,1-5H3. The number of carbonyl (C=O) groups is 1. The highest BCUT2D eigenvalue weighted by Crippen LogP contribution is 2.25. The van der Waals surface area contributed by atoms with E-state index in [0.29, 0.717) is 25.0 Å². The SMILES string of the molecule is CCNC1CCN(C(=O)C(C)(C)S(C)(=O)=O)CC1CC. The summed E-state index contributed by atoms with van der Waals surface area (Å²) in [6.45, 7) is 9.40. The molecule has 1 aliphatic heterocycles. The number of nitrogens with zero attached hydrogens (tertiary/aromatic N) is 1. The summed E-state index contributed by atoms with van der Waals surface area (Å²) < 4.78 is 22.3. The van der Waals surface area contributed by atoms with Gasteiger partial charge in [-0.1, -0.05) is 20.3 Å². The molecule has 1 rings (SSSR count). The zero-order valence-corrected chi connectivity index (χ0v) is 14.1. The van der Waals surface area contributed by atoms with E-state index in [-0.39, 0.29) is 5.91 Å². The maximum absolute atomic E-state index is 12.5.